The summed E-state index contributed by atoms with van der Waals surface area (Å²) in [4.78, 5) is 2.17. The third-order valence-corrected chi connectivity index (χ3v) is 3.05. The molecule has 2 aromatic rings. The summed E-state index contributed by atoms with van der Waals surface area (Å²) in [6.45, 7) is 2.45. The van der Waals surface area contributed by atoms with Crippen LogP contribution in [0.15, 0.2) is 40.8 Å². The average molecular weight is 279 g/mol. The zero-order valence-corrected chi connectivity index (χ0v) is 12.1. The van der Waals surface area contributed by atoms with E-state index in [1.165, 1.54) is 11.1 Å². The molecular weight excluding hydrogens is 260 g/mol. The van der Waals surface area contributed by atoms with Crippen LogP contribution in [0, 0.1) is 0 Å². The van der Waals surface area contributed by atoms with E-state index < -0.39 is 0 Å². The Labute approximate surface area is 119 Å². The van der Waals surface area contributed by atoms with Crippen LogP contribution in [0.3, 0.4) is 0 Å². The van der Waals surface area contributed by atoms with Gasteiger partial charge in [-0.15, -0.1) is 0 Å². The Kier molecular flexibility index (Phi) is 5.02. The maximum atomic E-state index is 5.74. The molecule has 0 aliphatic rings. The van der Waals surface area contributed by atoms with Crippen molar-refractivity contribution >= 4 is 11.6 Å². The van der Waals surface area contributed by atoms with Crippen LogP contribution >= 0.6 is 11.6 Å². The summed E-state index contributed by atoms with van der Waals surface area (Å²) in [6, 6.07) is 12.1. The largest absolute Gasteiger partial charge is 0.448 e. The summed E-state index contributed by atoms with van der Waals surface area (Å²) >= 11 is 5.74. The molecule has 0 atom stereocenters. The van der Waals surface area contributed by atoms with Gasteiger partial charge < -0.3 is 14.6 Å². The highest BCUT2D eigenvalue weighted by Gasteiger charge is 2.04. The minimum atomic E-state index is 0.435. The highest BCUT2D eigenvalue weighted by molar-refractivity contribution is 6.28. The fourth-order valence-corrected chi connectivity index (χ4v) is 2.15. The van der Waals surface area contributed by atoms with Crippen molar-refractivity contribution in [3.05, 3.63) is 58.5 Å². The van der Waals surface area contributed by atoms with Crippen molar-refractivity contribution in [1.29, 1.82) is 0 Å². The number of furan rings is 1. The molecule has 0 bridgehead atoms. The van der Waals surface area contributed by atoms with Gasteiger partial charge in [0.25, 0.3) is 0 Å². The minimum Gasteiger partial charge on any atom is -0.448 e. The molecular formula is C15H19ClN2O. The van der Waals surface area contributed by atoms with E-state index >= 15 is 0 Å². The van der Waals surface area contributed by atoms with Crippen molar-refractivity contribution in [2.45, 2.75) is 19.6 Å². The monoisotopic (exact) mass is 278 g/mol. The molecule has 3 nitrogen and oxygen atoms in total. The zero-order chi connectivity index (χ0) is 13.7. The topological polar surface area (TPSA) is 28.4 Å². The maximum Gasteiger partial charge on any atom is 0.193 e. The van der Waals surface area contributed by atoms with Gasteiger partial charge in [0.05, 0.1) is 6.54 Å². The van der Waals surface area contributed by atoms with E-state index in [0.717, 1.165) is 18.8 Å². The molecule has 19 heavy (non-hydrogen) atoms. The Morgan fingerprint density at radius 3 is 2.42 bits per heavy atom. The van der Waals surface area contributed by atoms with Crippen molar-refractivity contribution < 1.29 is 4.42 Å². The van der Waals surface area contributed by atoms with E-state index in [-0.39, 0.29) is 0 Å². The Morgan fingerprint density at radius 2 is 1.79 bits per heavy atom. The van der Waals surface area contributed by atoms with Crippen LogP contribution in [0.25, 0.3) is 0 Å². The second kappa shape index (κ2) is 6.75. The summed E-state index contributed by atoms with van der Waals surface area (Å²) in [7, 11) is 4.16. The third-order valence-electron chi connectivity index (χ3n) is 2.85. The van der Waals surface area contributed by atoms with E-state index in [2.05, 4.69) is 48.6 Å². The number of nitrogens with one attached hydrogen (secondary N) is 1. The molecule has 0 aliphatic carbocycles. The standard InChI is InChI=1S/C15H19ClN2O/c1-18(2)11-13-6-4-3-5-12(13)9-17-10-14-7-8-15(16)19-14/h3-8,17H,9-11H2,1-2H3. The number of nitrogens with zero attached hydrogens (tertiary/aromatic N) is 1. The molecule has 0 saturated heterocycles. The van der Waals surface area contributed by atoms with Crippen LogP contribution in [-0.2, 0) is 19.6 Å². The zero-order valence-electron chi connectivity index (χ0n) is 11.3. The number of rotatable bonds is 6. The minimum absolute atomic E-state index is 0.435. The van der Waals surface area contributed by atoms with E-state index in [4.69, 9.17) is 16.0 Å². The van der Waals surface area contributed by atoms with E-state index in [1.807, 2.05) is 6.07 Å². The molecule has 1 N–H and O–H groups in total. The predicted octanol–water partition coefficient (Wildman–Crippen LogP) is 3.28. The lowest BCUT2D eigenvalue weighted by atomic mass is 10.1. The third kappa shape index (κ3) is 4.39. The predicted molar refractivity (Wildman–Crippen MR) is 78.1 cm³/mol. The Hall–Kier alpha value is -1.29. The maximum absolute atomic E-state index is 5.74. The SMILES string of the molecule is CN(C)Cc1ccccc1CNCc1ccc(Cl)o1. The molecule has 102 valence electrons. The van der Waals surface area contributed by atoms with Crippen molar-refractivity contribution in [3.8, 4) is 0 Å². The molecule has 0 saturated carbocycles. The molecule has 0 radical (unpaired) electrons. The van der Waals surface area contributed by atoms with Crippen molar-refractivity contribution in [1.82, 2.24) is 10.2 Å². The molecule has 1 heterocycles. The van der Waals surface area contributed by atoms with Crippen LogP contribution < -0.4 is 5.32 Å². The van der Waals surface area contributed by atoms with E-state index in [1.54, 1.807) is 6.07 Å². The highest BCUT2D eigenvalue weighted by Crippen LogP contribution is 2.14. The van der Waals surface area contributed by atoms with Gasteiger partial charge in [0, 0.05) is 13.1 Å². The molecule has 0 fully saturated rings. The summed E-state index contributed by atoms with van der Waals surface area (Å²) in [5.41, 5.74) is 2.66. The molecule has 2 rings (SSSR count). The van der Waals surface area contributed by atoms with Crippen LogP contribution in [0.5, 0.6) is 0 Å². The van der Waals surface area contributed by atoms with Gasteiger partial charge in [0.1, 0.15) is 5.76 Å². The first-order valence-electron chi connectivity index (χ1n) is 6.31. The van der Waals surface area contributed by atoms with Crippen LogP contribution in [0.2, 0.25) is 5.22 Å². The molecule has 0 spiro atoms. The molecule has 4 heteroatoms. The van der Waals surface area contributed by atoms with Gasteiger partial charge in [0.2, 0.25) is 0 Å². The number of halogens is 1. The van der Waals surface area contributed by atoms with Gasteiger partial charge in [0.15, 0.2) is 5.22 Å². The van der Waals surface area contributed by atoms with Gasteiger partial charge in [-0.25, -0.2) is 0 Å². The first-order chi connectivity index (χ1) is 9.15. The van der Waals surface area contributed by atoms with Crippen LogP contribution in [0.1, 0.15) is 16.9 Å². The number of benzene rings is 1. The van der Waals surface area contributed by atoms with Crippen molar-refractivity contribution in [2.24, 2.45) is 0 Å². The molecule has 1 aromatic carbocycles. The first-order valence-corrected chi connectivity index (χ1v) is 6.69. The lowest BCUT2D eigenvalue weighted by Crippen LogP contribution is -2.17. The quantitative estimate of drug-likeness (QED) is 0.879. The summed E-state index contributed by atoms with van der Waals surface area (Å²) in [5, 5.41) is 3.81. The van der Waals surface area contributed by atoms with Crippen LogP contribution in [0.4, 0.5) is 0 Å². The van der Waals surface area contributed by atoms with Gasteiger partial charge >= 0.3 is 0 Å². The Morgan fingerprint density at radius 1 is 1.05 bits per heavy atom. The summed E-state index contributed by atoms with van der Waals surface area (Å²) in [5.74, 6) is 0.857. The van der Waals surface area contributed by atoms with Crippen molar-refractivity contribution in [2.75, 3.05) is 14.1 Å². The molecule has 0 unspecified atom stereocenters. The lowest BCUT2D eigenvalue weighted by Gasteiger charge is -2.14. The van der Waals surface area contributed by atoms with Gasteiger partial charge in [-0.1, -0.05) is 24.3 Å². The van der Waals surface area contributed by atoms with Crippen LogP contribution in [-0.4, -0.2) is 19.0 Å². The van der Waals surface area contributed by atoms with Gasteiger partial charge in [-0.05, 0) is 49.0 Å². The second-order valence-corrected chi connectivity index (χ2v) is 5.19. The molecule has 0 aliphatic heterocycles. The average Bonchev–Trinajstić information content (AvgIpc) is 2.77. The fraction of sp³-hybridized carbons (Fsp3) is 0.333. The number of hydrogen-bond acceptors (Lipinski definition) is 3. The fourth-order valence-electron chi connectivity index (χ4n) is 1.99. The Balaban J connectivity index is 1.92. The van der Waals surface area contributed by atoms with E-state index in [0.29, 0.717) is 11.8 Å². The smallest absolute Gasteiger partial charge is 0.193 e. The van der Waals surface area contributed by atoms with E-state index in [9.17, 15) is 0 Å². The second-order valence-electron chi connectivity index (χ2n) is 4.82. The van der Waals surface area contributed by atoms with Gasteiger partial charge in [-0.3, -0.25) is 0 Å². The lowest BCUT2D eigenvalue weighted by molar-refractivity contribution is 0.400. The van der Waals surface area contributed by atoms with Crippen molar-refractivity contribution in [3.63, 3.8) is 0 Å². The molecule has 1 aromatic heterocycles. The Bertz CT molecular complexity index is 522. The molecule has 0 amide bonds. The summed E-state index contributed by atoms with van der Waals surface area (Å²) < 4.78 is 5.31. The first kappa shape index (κ1) is 14.1. The normalized spacial score (nSPS) is 11.2. The van der Waals surface area contributed by atoms with Gasteiger partial charge in [-0.2, -0.15) is 0 Å². The summed E-state index contributed by atoms with van der Waals surface area (Å²) in [6.07, 6.45) is 0. The highest BCUT2D eigenvalue weighted by atomic mass is 35.5. The number of hydrogen-bond donors (Lipinski definition) is 1.